The second kappa shape index (κ2) is 10.4. The van der Waals surface area contributed by atoms with Gasteiger partial charge in [-0.15, -0.1) is 0 Å². The fourth-order valence-corrected chi connectivity index (χ4v) is 4.66. The van der Waals surface area contributed by atoms with E-state index in [2.05, 4.69) is 28.1 Å². The van der Waals surface area contributed by atoms with Gasteiger partial charge in [0, 0.05) is 19.1 Å². The smallest absolute Gasteiger partial charge is 0.330 e. The number of hydrogen-bond donors (Lipinski definition) is 2. The number of fused-ring (bicyclic) bond motifs is 1. The lowest BCUT2D eigenvalue weighted by atomic mass is 9.87. The number of anilines is 2. The van der Waals surface area contributed by atoms with Crippen LogP contribution >= 0.6 is 0 Å². The van der Waals surface area contributed by atoms with E-state index in [0.717, 1.165) is 19.3 Å². The molecule has 2 aromatic rings. The molecule has 0 aliphatic heterocycles. The summed E-state index contributed by atoms with van der Waals surface area (Å²) in [6.07, 6.45) is 3.10. The van der Waals surface area contributed by atoms with Crippen molar-refractivity contribution in [2.24, 2.45) is 11.8 Å². The van der Waals surface area contributed by atoms with Crippen molar-refractivity contribution >= 4 is 17.4 Å². The topological polar surface area (TPSA) is 104 Å². The average molecular weight is 456 g/mol. The van der Waals surface area contributed by atoms with Crippen LogP contribution in [0, 0.1) is 11.8 Å². The number of nitrogens with two attached hydrogens (primary N) is 1. The van der Waals surface area contributed by atoms with Gasteiger partial charge in [-0.25, -0.2) is 4.79 Å². The maximum atomic E-state index is 13.6. The molecule has 8 nitrogen and oxygen atoms in total. The fourth-order valence-electron chi connectivity index (χ4n) is 4.66. The molecule has 1 aliphatic carbocycles. The van der Waals surface area contributed by atoms with E-state index in [0.29, 0.717) is 13.1 Å². The summed E-state index contributed by atoms with van der Waals surface area (Å²) in [5.74, 6) is 0.0905. The Balaban J connectivity index is 1.94. The first-order valence-corrected chi connectivity index (χ1v) is 11.8. The molecular weight excluding hydrogens is 418 g/mol. The highest BCUT2D eigenvalue weighted by Gasteiger charge is 2.29. The van der Waals surface area contributed by atoms with Gasteiger partial charge in [0.05, 0.1) is 6.54 Å². The lowest BCUT2D eigenvalue weighted by Crippen LogP contribution is -2.46. The van der Waals surface area contributed by atoms with Crippen LogP contribution in [0.15, 0.2) is 33.9 Å². The Kier molecular flexibility index (Phi) is 7.79. The number of H-pyrrole nitrogens is 1. The SMILES string of the molecule is CC(C)CN(C(=O)CN(C)C1CCCc2ccccc21)c1c(N)n(CC(C)C)c(=O)[nH]c1=O. The molecule has 0 bridgehead atoms. The summed E-state index contributed by atoms with van der Waals surface area (Å²) in [4.78, 5) is 44.6. The maximum Gasteiger partial charge on any atom is 0.330 e. The molecule has 0 fully saturated rings. The van der Waals surface area contributed by atoms with Crippen molar-refractivity contribution in [2.75, 3.05) is 30.8 Å². The molecule has 0 saturated carbocycles. The lowest BCUT2D eigenvalue weighted by Gasteiger charge is -2.34. The molecule has 33 heavy (non-hydrogen) atoms. The predicted octanol–water partition coefficient (Wildman–Crippen LogP) is 2.77. The average Bonchev–Trinajstić information content (AvgIpc) is 2.75. The van der Waals surface area contributed by atoms with Crippen molar-refractivity contribution in [1.82, 2.24) is 14.5 Å². The number of nitrogens with zero attached hydrogens (tertiary/aromatic N) is 3. The summed E-state index contributed by atoms with van der Waals surface area (Å²) in [7, 11) is 1.95. The number of likely N-dealkylation sites (N-methyl/N-ethyl adjacent to an activating group) is 1. The fraction of sp³-hybridized carbons (Fsp3) is 0.560. The number of benzene rings is 1. The summed E-state index contributed by atoms with van der Waals surface area (Å²) in [5, 5.41) is 0. The van der Waals surface area contributed by atoms with Gasteiger partial charge in [0.1, 0.15) is 5.82 Å². The van der Waals surface area contributed by atoms with E-state index in [9.17, 15) is 14.4 Å². The van der Waals surface area contributed by atoms with Crippen molar-refractivity contribution < 1.29 is 4.79 Å². The molecule has 1 aliphatic rings. The van der Waals surface area contributed by atoms with Gasteiger partial charge in [0.15, 0.2) is 5.69 Å². The molecular formula is C25H37N5O3. The first-order chi connectivity index (χ1) is 15.6. The third kappa shape index (κ3) is 5.55. The minimum atomic E-state index is -0.628. The van der Waals surface area contributed by atoms with Crippen LogP contribution in [0.25, 0.3) is 0 Å². The molecule has 1 amide bonds. The van der Waals surface area contributed by atoms with Crippen LogP contribution in [0.1, 0.15) is 57.7 Å². The molecule has 1 unspecified atom stereocenters. The molecule has 1 atom stereocenters. The Bertz CT molecular complexity index is 1100. The van der Waals surface area contributed by atoms with Gasteiger partial charge in [-0.05, 0) is 49.3 Å². The van der Waals surface area contributed by atoms with E-state index in [-0.39, 0.29) is 41.8 Å². The number of hydrogen-bond acceptors (Lipinski definition) is 5. The second-order valence-electron chi connectivity index (χ2n) is 9.92. The molecule has 1 aromatic carbocycles. The van der Waals surface area contributed by atoms with Crippen LogP contribution in [0.4, 0.5) is 11.5 Å². The highest BCUT2D eigenvalue weighted by molar-refractivity contribution is 5.96. The van der Waals surface area contributed by atoms with Gasteiger partial charge in [-0.3, -0.25) is 24.0 Å². The van der Waals surface area contributed by atoms with Crippen LogP contribution < -0.4 is 21.9 Å². The van der Waals surface area contributed by atoms with Crippen molar-refractivity contribution in [3.8, 4) is 0 Å². The summed E-state index contributed by atoms with van der Waals surface area (Å²) < 4.78 is 1.35. The minimum Gasteiger partial charge on any atom is -0.383 e. The zero-order chi connectivity index (χ0) is 24.3. The zero-order valence-electron chi connectivity index (χ0n) is 20.4. The first-order valence-electron chi connectivity index (χ1n) is 11.8. The Morgan fingerprint density at radius 2 is 1.88 bits per heavy atom. The Morgan fingerprint density at radius 3 is 2.55 bits per heavy atom. The van der Waals surface area contributed by atoms with Crippen molar-refractivity contribution in [2.45, 2.75) is 59.5 Å². The lowest BCUT2D eigenvalue weighted by molar-refractivity contribution is -0.120. The number of nitrogens with one attached hydrogen (secondary N) is 1. The van der Waals surface area contributed by atoms with E-state index < -0.39 is 11.2 Å². The number of carbonyl (C=O) groups excluding carboxylic acids is 1. The van der Waals surface area contributed by atoms with E-state index in [4.69, 9.17) is 5.73 Å². The van der Waals surface area contributed by atoms with Crippen LogP contribution in [-0.4, -0.2) is 40.5 Å². The molecule has 3 rings (SSSR count). The summed E-state index contributed by atoms with van der Waals surface area (Å²) in [6.45, 7) is 8.73. The highest BCUT2D eigenvalue weighted by atomic mass is 16.2. The van der Waals surface area contributed by atoms with E-state index in [1.165, 1.54) is 20.6 Å². The minimum absolute atomic E-state index is 0.0390. The molecule has 1 aromatic heterocycles. The number of aryl methyl sites for hydroxylation is 1. The number of amides is 1. The summed E-state index contributed by atoms with van der Waals surface area (Å²) in [6, 6.07) is 8.52. The van der Waals surface area contributed by atoms with Gasteiger partial charge in [0.2, 0.25) is 5.91 Å². The van der Waals surface area contributed by atoms with Crippen molar-refractivity contribution in [3.05, 3.63) is 56.2 Å². The molecule has 0 spiro atoms. The van der Waals surface area contributed by atoms with Crippen LogP contribution in [-0.2, 0) is 17.8 Å². The van der Waals surface area contributed by atoms with E-state index in [1.54, 1.807) is 0 Å². The van der Waals surface area contributed by atoms with Crippen molar-refractivity contribution in [3.63, 3.8) is 0 Å². The van der Waals surface area contributed by atoms with E-state index >= 15 is 0 Å². The van der Waals surface area contributed by atoms with Gasteiger partial charge in [0.25, 0.3) is 5.56 Å². The Morgan fingerprint density at radius 1 is 1.18 bits per heavy atom. The second-order valence-corrected chi connectivity index (χ2v) is 9.92. The van der Waals surface area contributed by atoms with Crippen LogP contribution in [0.5, 0.6) is 0 Å². The van der Waals surface area contributed by atoms with Gasteiger partial charge >= 0.3 is 5.69 Å². The largest absolute Gasteiger partial charge is 0.383 e. The van der Waals surface area contributed by atoms with Gasteiger partial charge in [-0.2, -0.15) is 0 Å². The van der Waals surface area contributed by atoms with Crippen LogP contribution in [0.2, 0.25) is 0 Å². The summed E-state index contributed by atoms with van der Waals surface area (Å²) >= 11 is 0. The monoisotopic (exact) mass is 455 g/mol. The molecule has 1 heterocycles. The quantitative estimate of drug-likeness (QED) is 0.637. The molecule has 0 radical (unpaired) electrons. The number of nitrogen functional groups attached to an aromatic ring is 1. The number of aromatic amines is 1. The zero-order valence-corrected chi connectivity index (χ0v) is 20.4. The van der Waals surface area contributed by atoms with Gasteiger partial charge < -0.3 is 10.6 Å². The third-order valence-corrected chi connectivity index (χ3v) is 6.14. The molecule has 0 saturated heterocycles. The standard InChI is InChI=1S/C25H37N5O3/c1-16(2)13-29(22-23(26)30(14-17(3)4)25(33)27-24(22)32)21(31)15-28(5)20-12-8-10-18-9-6-7-11-19(18)20/h6-7,9,11,16-17,20H,8,10,12-15,26H2,1-5H3,(H,27,32,33). The Hall–Kier alpha value is -2.87. The normalized spacial score (nSPS) is 15.8. The molecule has 3 N–H and O–H groups in total. The van der Waals surface area contributed by atoms with Crippen LogP contribution in [0.3, 0.4) is 0 Å². The number of rotatable bonds is 8. The summed E-state index contributed by atoms with van der Waals surface area (Å²) in [5.41, 5.74) is 7.79. The van der Waals surface area contributed by atoms with Gasteiger partial charge in [-0.1, -0.05) is 52.0 Å². The Labute approximate surface area is 195 Å². The third-order valence-electron chi connectivity index (χ3n) is 6.14. The predicted molar refractivity (Wildman–Crippen MR) is 133 cm³/mol. The first kappa shape index (κ1) is 24.8. The van der Waals surface area contributed by atoms with Crippen molar-refractivity contribution in [1.29, 1.82) is 0 Å². The molecule has 180 valence electrons. The highest BCUT2D eigenvalue weighted by Crippen LogP contribution is 2.33. The molecule has 8 heteroatoms. The number of carbonyl (C=O) groups is 1. The maximum absolute atomic E-state index is 13.6. The number of aromatic nitrogens is 2. The van der Waals surface area contributed by atoms with E-state index in [1.807, 2.05) is 40.8 Å².